The molecular formula is C14H21F4NO. The van der Waals surface area contributed by atoms with Crippen LogP contribution in [0.25, 0.3) is 0 Å². The maximum Gasteiger partial charge on any atom is 0.121 e. The molecule has 6 heteroatoms. The summed E-state index contributed by atoms with van der Waals surface area (Å²) in [7, 11) is 0. The Labute approximate surface area is 116 Å². The highest BCUT2D eigenvalue weighted by atomic mass is 19.2. The van der Waals surface area contributed by atoms with Crippen LogP contribution in [0, 0.1) is 5.92 Å². The fourth-order valence-corrected chi connectivity index (χ4v) is 3.89. The molecular weight excluding hydrogens is 274 g/mol. The second-order valence-electron chi connectivity index (χ2n) is 6.37. The molecule has 2 saturated carbocycles. The van der Waals surface area contributed by atoms with E-state index >= 15 is 0 Å². The first kappa shape index (κ1) is 14.6. The molecule has 3 rings (SSSR count). The van der Waals surface area contributed by atoms with Crippen LogP contribution in [0.4, 0.5) is 17.6 Å². The Hall–Kier alpha value is -0.360. The zero-order valence-corrected chi connectivity index (χ0v) is 11.4. The van der Waals surface area contributed by atoms with Gasteiger partial charge in [0.1, 0.15) is 24.7 Å². The van der Waals surface area contributed by atoms with E-state index in [2.05, 4.69) is 0 Å². The first-order valence-corrected chi connectivity index (χ1v) is 7.46. The maximum absolute atomic E-state index is 14.0. The average molecular weight is 295 g/mol. The molecule has 0 amide bonds. The first-order chi connectivity index (χ1) is 9.54. The molecule has 0 aromatic rings. The van der Waals surface area contributed by atoms with E-state index in [0.717, 1.165) is 0 Å². The minimum atomic E-state index is -1.52. The van der Waals surface area contributed by atoms with Gasteiger partial charge in [0, 0.05) is 25.3 Å². The van der Waals surface area contributed by atoms with E-state index in [-0.39, 0.29) is 31.6 Å². The van der Waals surface area contributed by atoms with Crippen molar-refractivity contribution in [3.05, 3.63) is 0 Å². The van der Waals surface area contributed by atoms with Gasteiger partial charge in [0.05, 0.1) is 18.9 Å². The van der Waals surface area contributed by atoms with Gasteiger partial charge in [0.2, 0.25) is 0 Å². The predicted octanol–water partition coefficient (Wildman–Crippen LogP) is 2.96. The van der Waals surface area contributed by atoms with Crippen molar-refractivity contribution >= 4 is 0 Å². The van der Waals surface area contributed by atoms with Gasteiger partial charge in [-0.1, -0.05) is 0 Å². The average Bonchev–Trinajstić information content (AvgIpc) is 2.37. The van der Waals surface area contributed by atoms with Crippen LogP contribution in [-0.4, -0.2) is 55.0 Å². The summed E-state index contributed by atoms with van der Waals surface area (Å²) >= 11 is 0. The number of halogens is 4. The zero-order valence-electron chi connectivity index (χ0n) is 11.4. The molecule has 0 aromatic heterocycles. The highest BCUT2D eigenvalue weighted by molar-refractivity contribution is 4.96. The van der Waals surface area contributed by atoms with E-state index in [1.165, 1.54) is 0 Å². The van der Waals surface area contributed by atoms with E-state index in [0.29, 0.717) is 25.8 Å². The lowest BCUT2D eigenvalue weighted by atomic mass is 9.82. The van der Waals surface area contributed by atoms with Crippen LogP contribution in [0.3, 0.4) is 0 Å². The third kappa shape index (κ3) is 2.82. The van der Waals surface area contributed by atoms with Gasteiger partial charge in [-0.2, -0.15) is 0 Å². The lowest BCUT2D eigenvalue weighted by Gasteiger charge is -2.47. The standard InChI is InChI=1S/C14H21F4NO/c15-9-1-2-13-8(3-9)6-19(7-20-13)14-11(17)4-10(16)5-12(14)18/h8-14H,1-7H2. The number of fused-ring (bicyclic) bond motifs is 1. The van der Waals surface area contributed by atoms with E-state index < -0.39 is 30.7 Å². The monoisotopic (exact) mass is 295 g/mol. The molecule has 3 fully saturated rings. The normalized spacial score (nSPS) is 50.7. The molecule has 1 saturated heterocycles. The van der Waals surface area contributed by atoms with Gasteiger partial charge in [-0.3, -0.25) is 4.90 Å². The molecule has 116 valence electrons. The molecule has 0 aromatic carbocycles. The lowest BCUT2D eigenvalue weighted by molar-refractivity contribution is -0.160. The van der Waals surface area contributed by atoms with Gasteiger partial charge in [-0.05, 0) is 19.3 Å². The fourth-order valence-electron chi connectivity index (χ4n) is 3.89. The number of ether oxygens (including phenoxy) is 1. The number of hydrogen-bond acceptors (Lipinski definition) is 2. The lowest BCUT2D eigenvalue weighted by Crippen LogP contribution is -2.58. The summed E-state index contributed by atoms with van der Waals surface area (Å²) in [4.78, 5) is 1.61. The molecule has 2 nitrogen and oxygen atoms in total. The van der Waals surface area contributed by atoms with Gasteiger partial charge < -0.3 is 4.74 Å². The third-order valence-electron chi connectivity index (χ3n) is 4.90. The molecule has 1 aliphatic heterocycles. The summed E-state index contributed by atoms with van der Waals surface area (Å²) in [5, 5.41) is 0. The number of rotatable bonds is 1. The Morgan fingerprint density at radius 3 is 2.25 bits per heavy atom. The van der Waals surface area contributed by atoms with Crippen LogP contribution in [0.5, 0.6) is 0 Å². The second-order valence-corrected chi connectivity index (χ2v) is 6.37. The molecule has 3 aliphatic rings. The Balaban J connectivity index is 1.65. The van der Waals surface area contributed by atoms with Crippen molar-refractivity contribution in [3.63, 3.8) is 0 Å². The van der Waals surface area contributed by atoms with Crippen molar-refractivity contribution in [3.8, 4) is 0 Å². The summed E-state index contributed by atoms with van der Waals surface area (Å²) in [5.74, 6) is -0.00463. The van der Waals surface area contributed by atoms with Crippen molar-refractivity contribution in [1.82, 2.24) is 4.90 Å². The summed E-state index contributed by atoms with van der Waals surface area (Å²) in [5.41, 5.74) is 0. The predicted molar refractivity (Wildman–Crippen MR) is 66.4 cm³/mol. The van der Waals surface area contributed by atoms with Crippen molar-refractivity contribution in [1.29, 1.82) is 0 Å². The summed E-state index contributed by atoms with van der Waals surface area (Å²) < 4.78 is 60.2. The molecule has 0 bridgehead atoms. The third-order valence-corrected chi connectivity index (χ3v) is 4.90. The van der Waals surface area contributed by atoms with E-state index in [9.17, 15) is 17.6 Å². The van der Waals surface area contributed by atoms with Crippen LogP contribution in [0.2, 0.25) is 0 Å². The first-order valence-electron chi connectivity index (χ1n) is 7.46. The molecule has 20 heavy (non-hydrogen) atoms. The molecule has 2 aliphatic carbocycles. The van der Waals surface area contributed by atoms with E-state index in [4.69, 9.17) is 4.74 Å². The number of hydrogen-bond donors (Lipinski definition) is 0. The highest BCUT2D eigenvalue weighted by Crippen LogP contribution is 2.36. The topological polar surface area (TPSA) is 12.5 Å². The summed E-state index contributed by atoms with van der Waals surface area (Å²) in [6.45, 7) is 0.619. The molecule has 1 heterocycles. The summed E-state index contributed by atoms with van der Waals surface area (Å²) in [6.07, 6.45) is -4.19. The zero-order chi connectivity index (χ0) is 14.3. The Kier molecular flexibility index (Phi) is 4.22. The molecule has 0 N–H and O–H groups in total. The van der Waals surface area contributed by atoms with Crippen LogP contribution in [0.15, 0.2) is 0 Å². The van der Waals surface area contributed by atoms with Crippen molar-refractivity contribution in [2.75, 3.05) is 13.3 Å². The van der Waals surface area contributed by atoms with Gasteiger partial charge in [0.25, 0.3) is 0 Å². The van der Waals surface area contributed by atoms with Crippen LogP contribution in [0.1, 0.15) is 32.1 Å². The van der Waals surface area contributed by atoms with Gasteiger partial charge in [0.15, 0.2) is 0 Å². The largest absolute Gasteiger partial charge is 0.362 e. The smallest absolute Gasteiger partial charge is 0.121 e. The minimum Gasteiger partial charge on any atom is -0.362 e. The van der Waals surface area contributed by atoms with E-state index in [1.807, 2.05) is 0 Å². The number of nitrogens with zero attached hydrogens (tertiary/aromatic N) is 1. The van der Waals surface area contributed by atoms with Crippen molar-refractivity contribution < 1.29 is 22.3 Å². The number of alkyl halides is 4. The van der Waals surface area contributed by atoms with Gasteiger partial charge in [-0.15, -0.1) is 0 Å². The Morgan fingerprint density at radius 1 is 0.850 bits per heavy atom. The van der Waals surface area contributed by atoms with Crippen molar-refractivity contribution in [2.45, 2.75) is 68.9 Å². The van der Waals surface area contributed by atoms with Gasteiger partial charge in [-0.25, -0.2) is 17.6 Å². The van der Waals surface area contributed by atoms with Crippen LogP contribution < -0.4 is 0 Å². The Bertz CT molecular complexity index is 333. The van der Waals surface area contributed by atoms with Crippen molar-refractivity contribution in [2.24, 2.45) is 5.92 Å². The molecule has 0 radical (unpaired) electrons. The van der Waals surface area contributed by atoms with Crippen LogP contribution >= 0.6 is 0 Å². The fraction of sp³-hybridized carbons (Fsp3) is 1.00. The SMILES string of the molecule is FC1CC(F)C(N2COC3CCC(F)CC3C2)C(F)C1. The molecule has 0 spiro atoms. The van der Waals surface area contributed by atoms with Crippen LogP contribution in [-0.2, 0) is 4.74 Å². The molecule has 5 atom stereocenters. The summed E-state index contributed by atoms with van der Waals surface area (Å²) in [6, 6.07) is -0.942. The highest BCUT2D eigenvalue weighted by Gasteiger charge is 2.45. The van der Waals surface area contributed by atoms with Gasteiger partial charge >= 0.3 is 0 Å². The molecule has 5 unspecified atom stereocenters. The Morgan fingerprint density at radius 2 is 1.55 bits per heavy atom. The minimum absolute atomic E-state index is 0.00463. The van der Waals surface area contributed by atoms with E-state index in [1.54, 1.807) is 4.90 Å². The second kappa shape index (κ2) is 5.79. The quantitative estimate of drug-likeness (QED) is 0.690. The maximum atomic E-state index is 14.0.